The van der Waals surface area contributed by atoms with E-state index in [1.807, 2.05) is 0 Å². The zero-order valence-corrected chi connectivity index (χ0v) is 7.92. The average molecular weight is 171 g/mol. The van der Waals surface area contributed by atoms with Gasteiger partial charge in [-0.2, -0.15) is 0 Å². The van der Waals surface area contributed by atoms with Crippen molar-refractivity contribution < 1.29 is 4.74 Å². The average Bonchev–Trinajstić information content (AvgIpc) is 2.31. The fraction of sp³-hybridized carbons (Fsp3) is 0.875. The van der Waals surface area contributed by atoms with Gasteiger partial charge in [-0.05, 0) is 20.3 Å². The van der Waals surface area contributed by atoms with Crippen molar-refractivity contribution in [2.24, 2.45) is 10.7 Å². The minimum atomic E-state index is -0.130. The topological polar surface area (TPSA) is 59.6 Å². The van der Waals surface area contributed by atoms with E-state index in [4.69, 9.17) is 10.5 Å². The molecule has 0 aliphatic carbocycles. The van der Waals surface area contributed by atoms with E-state index in [2.05, 4.69) is 24.2 Å². The molecule has 1 heterocycles. The van der Waals surface area contributed by atoms with Crippen molar-refractivity contribution in [1.29, 1.82) is 0 Å². The monoisotopic (exact) mass is 171 g/mol. The van der Waals surface area contributed by atoms with Gasteiger partial charge in [-0.3, -0.25) is 4.99 Å². The number of rotatable bonds is 1. The van der Waals surface area contributed by atoms with Gasteiger partial charge in [0.2, 0.25) is 0 Å². The third-order valence-electron chi connectivity index (χ3n) is 2.28. The molecule has 4 nitrogen and oxygen atoms in total. The quantitative estimate of drug-likeness (QED) is 0.434. The maximum atomic E-state index is 5.56. The van der Waals surface area contributed by atoms with Crippen molar-refractivity contribution in [1.82, 2.24) is 5.32 Å². The molecule has 0 saturated carbocycles. The molecule has 1 saturated heterocycles. The summed E-state index contributed by atoms with van der Waals surface area (Å²) in [6, 6.07) is 0.279. The van der Waals surface area contributed by atoms with Gasteiger partial charge in [-0.15, -0.1) is 0 Å². The minimum Gasteiger partial charge on any atom is -0.373 e. The van der Waals surface area contributed by atoms with Gasteiger partial charge in [0, 0.05) is 13.7 Å². The van der Waals surface area contributed by atoms with E-state index in [1.54, 1.807) is 7.05 Å². The van der Waals surface area contributed by atoms with E-state index < -0.39 is 0 Å². The summed E-state index contributed by atoms with van der Waals surface area (Å²) in [4.78, 5) is 3.85. The summed E-state index contributed by atoms with van der Waals surface area (Å²) >= 11 is 0. The van der Waals surface area contributed by atoms with Gasteiger partial charge in [0.25, 0.3) is 0 Å². The molecular weight excluding hydrogens is 154 g/mol. The first-order valence-electron chi connectivity index (χ1n) is 4.19. The highest BCUT2D eigenvalue weighted by molar-refractivity contribution is 5.78. The first kappa shape index (κ1) is 9.32. The van der Waals surface area contributed by atoms with Gasteiger partial charge in [0.1, 0.15) is 0 Å². The van der Waals surface area contributed by atoms with Gasteiger partial charge in [-0.1, -0.05) is 0 Å². The van der Waals surface area contributed by atoms with Crippen LogP contribution >= 0.6 is 0 Å². The van der Waals surface area contributed by atoms with Crippen molar-refractivity contribution in [2.45, 2.75) is 31.9 Å². The number of ether oxygens (including phenoxy) is 1. The number of hydrogen-bond acceptors (Lipinski definition) is 2. The third kappa shape index (κ3) is 1.88. The Bertz CT molecular complexity index is 189. The normalized spacial score (nSPS) is 28.9. The van der Waals surface area contributed by atoms with Gasteiger partial charge in [-0.25, -0.2) is 0 Å². The van der Waals surface area contributed by atoms with Gasteiger partial charge in [0.15, 0.2) is 5.96 Å². The molecule has 0 spiro atoms. The summed E-state index contributed by atoms with van der Waals surface area (Å²) in [5, 5.41) is 3.12. The lowest BCUT2D eigenvalue weighted by Gasteiger charge is -2.26. The Kier molecular flexibility index (Phi) is 2.57. The number of aliphatic imine (C=N–C) groups is 1. The molecule has 12 heavy (non-hydrogen) atoms. The van der Waals surface area contributed by atoms with Crippen LogP contribution in [0.15, 0.2) is 4.99 Å². The largest absolute Gasteiger partial charge is 0.373 e. The third-order valence-corrected chi connectivity index (χ3v) is 2.28. The van der Waals surface area contributed by atoms with E-state index >= 15 is 0 Å². The second-order valence-corrected chi connectivity index (χ2v) is 3.55. The first-order valence-corrected chi connectivity index (χ1v) is 4.19. The zero-order chi connectivity index (χ0) is 9.19. The standard InChI is InChI=1S/C8H17N3O/c1-8(2)6(4-5-12-8)11-7(9)10-3/h6H,4-5H2,1-3H3,(H3,9,10,11). The summed E-state index contributed by atoms with van der Waals surface area (Å²) in [6.45, 7) is 4.91. The molecule has 1 fully saturated rings. The maximum absolute atomic E-state index is 5.56. The summed E-state index contributed by atoms with van der Waals surface area (Å²) in [6.07, 6.45) is 0.989. The molecular formula is C8H17N3O. The van der Waals surface area contributed by atoms with Crippen LogP contribution in [0.5, 0.6) is 0 Å². The molecule has 3 N–H and O–H groups in total. The second kappa shape index (κ2) is 3.31. The Labute approximate surface area is 73.2 Å². The van der Waals surface area contributed by atoms with Crippen LogP contribution in [0.2, 0.25) is 0 Å². The molecule has 1 unspecified atom stereocenters. The molecule has 0 aromatic heterocycles. The molecule has 70 valence electrons. The molecule has 0 bridgehead atoms. The van der Waals surface area contributed by atoms with Crippen LogP contribution in [0.25, 0.3) is 0 Å². The van der Waals surface area contributed by atoms with Gasteiger partial charge >= 0.3 is 0 Å². The number of nitrogens with two attached hydrogens (primary N) is 1. The van der Waals surface area contributed by atoms with Crippen LogP contribution in [-0.2, 0) is 4.74 Å². The van der Waals surface area contributed by atoms with E-state index in [9.17, 15) is 0 Å². The summed E-state index contributed by atoms with van der Waals surface area (Å²) < 4.78 is 5.53. The second-order valence-electron chi connectivity index (χ2n) is 3.55. The fourth-order valence-corrected chi connectivity index (χ4v) is 1.38. The van der Waals surface area contributed by atoms with Crippen molar-refractivity contribution in [3.63, 3.8) is 0 Å². The predicted octanol–water partition coefficient (Wildman–Crippen LogP) is 0.0880. The Morgan fingerprint density at radius 3 is 2.75 bits per heavy atom. The van der Waals surface area contributed by atoms with E-state index in [0.29, 0.717) is 5.96 Å². The Hall–Kier alpha value is -0.770. The predicted molar refractivity (Wildman–Crippen MR) is 49.1 cm³/mol. The summed E-state index contributed by atoms with van der Waals surface area (Å²) in [5.41, 5.74) is 5.43. The summed E-state index contributed by atoms with van der Waals surface area (Å²) in [7, 11) is 1.67. The number of nitrogens with one attached hydrogen (secondary N) is 1. The Morgan fingerprint density at radius 2 is 2.33 bits per heavy atom. The highest BCUT2D eigenvalue weighted by atomic mass is 16.5. The van der Waals surface area contributed by atoms with Crippen LogP contribution in [-0.4, -0.2) is 31.3 Å². The first-order chi connectivity index (χ1) is 5.56. The lowest BCUT2D eigenvalue weighted by molar-refractivity contribution is 0.0249. The SMILES string of the molecule is CN=C(N)NC1CCOC1(C)C. The van der Waals surface area contributed by atoms with Gasteiger partial charge in [0.05, 0.1) is 11.6 Å². The lowest BCUT2D eigenvalue weighted by atomic mass is 9.99. The lowest BCUT2D eigenvalue weighted by Crippen LogP contribution is -2.48. The Balaban J connectivity index is 2.52. The van der Waals surface area contributed by atoms with Crippen LogP contribution in [0.3, 0.4) is 0 Å². The summed E-state index contributed by atoms with van der Waals surface area (Å²) in [5.74, 6) is 0.485. The number of nitrogens with zero attached hydrogens (tertiary/aromatic N) is 1. The fourth-order valence-electron chi connectivity index (χ4n) is 1.38. The number of guanidine groups is 1. The zero-order valence-electron chi connectivity index (χ0n) is 7.92. The number of hydrogen-bond donors (Lipinski definition) is 2. The van der Waals surface area contributed by atoms with E-state index in [-0.39, 0.29) is 11.6 Å². The molecule has 1 aliphatic rings. The molecule has 0 amide bonds. The van der Waals surface area contributed by atoms with Crippen LogP contribution in [0.1, 0.15) is 20.3 Å². The van der Waals surface area contributed by atoms with Crippen LogP contribution < -0.4 is 11.1 Å². The highest BCUT2D eigenvalue weighted by Crippen LogP contribution is 2.24. The molecule has 1 aliphatic heterocycles. The van der Waals surface area contributed by atoms with E-state index in [1.165, 1.54) is 0 Å². The van der Waals surface area contributed by atoms with Crippen molar-refractivity contribution in [2.75, 3.05) is 13.7 Å². The Morgan fingerprint density at radius 1 is 1.67 bits per heavy atom. The maximum Gasteiger partial charge on any atom is 0.188 e. The molecule has 1 rings (SSSR count). The highest BCUT2D eigenvalue weighted by Gasteiger charge is 2.35. The van der Waals surface area contributed by atoms with Crippen LogP contribution in [0, 0.1) is 0 Å². The molecule has 0 aromatic rings. The smallest absolute Gasteiger partial charge is 0.188 e. The minimum absolute atomic E-state index is 0.130. The van der Waals surface area contributed by atoms with E-state index in [0.717, 1.165) is 13.0 Å². The molecule has 0 aromatic carbocycles. The van der Waals surface area contributed by atoms with Crippen molar-refractivity contribution >= 4 is 5.96 Å². The molecule has 4 heteroatoms. The van der Waals surface area contributed by atoms with Gasteiger partial charge < -0.3 is 15.8 Å². The van der Waals surface area contributed by atoms with Crippen LogP contribution in [0.4, 0.5) is 0 Å². The van der Waals surface area contributed by atoms with Crippen molar-refractivity contribution in [3.05, 3.63) is 0 Å². The molecule has 0 radical (unpaired) electrons. The van der Waals surface area contributed by atoms with Crippen molar-refractivity contribution in [3.8, 4) is 0 Å². The molecule has 1 atom stereocenters.